The minimum atomic E-state index is -0.764. The molecule has 9 heteroatoms. The van der Waals surface area contributed by atoms with Crippen LogP contribution in [0.3, 0.4) is 0 Å². The summed E-state index contributed by atoms with van der Waals surface area (Å²) in [6, 6.07) is 10.1. The molecule has 0 aliphatic carbocycles. The molecule has 0 atom stereocenters. The molecule has 0 saturated heterocycles. The van der Waals surface area contributed by atoms with Gasteiger partial charge in [0.1, 0.15) is 0 Å². The molecule has 148 valence electrons. The van der Waals surface area contributed by atoms with Crippen molar-refractivity contribution in [2.45, 2.75) is 13.8 Å². The lowest BCUT2D eigenvalue weighted by atomic mass is 10.2. The Morgan fingerprint density at radius 2 is 2.00 bits per heavy atom. The Balaban J connectivity index is 2.11. The van der Waals surface area contributed by atoms with Crippen molar-refractivity contribution >= 4 is 39.8 Å². The second-order valence-corrected chi connectivity index (χ2v) is 6.50. The molecule has 0 aromatic heterocycles. The van der Waals surface area contributed by atoms with Crippen LogP contribution in [-0.2, 0) is 4.79 Å². The molecular weight excluding hydrogens is 428 g/mol. The van der Waals surface area contributed by atoms with E-state index in [-0.39, 0.29) is 12.5 Å². The number of anilines is 1. The van der Waals surface area contributed by atoms with Gasteiger partial charge in [0.15, 0.2) is 18.1 Å². The summed E-state index contributed by atoms with van der Waals surface area (Å²) >= 11 is 3.41. The van der Waals surface area contributed by atoms with Crippen LogP contribution >= 0.6 is 15.9 Å². The Labute approximate surface area is 171 Å². The smallest absolute Gasteiger partial charge is 0.332 e. The lowest BCUT2D eigenvalue weighted by Crippen LogP contribution is -2.24. The number of carbonyl (C=O) groups is 2. The standard InChI is InChI=1S/C19H21BrN4O4/c1-3-27-16-9-13(10-22-24-19(21)26)8-14(20)18(16)28-11-17(25)23-15-7-5-4-6-12(15)2/h4-10H,3,11H2,1-2H3,(H,23,25)(H3,21,24,26)/b22-10-. The molecule has 0 spiro atoms. The van der Waals surface area contributed by atoms with Gasteiger partial charge < -0.3 is 20.5 Å². The molecule has 0 saturated carbocycles. The van der Waals surface area contributed by atoms with Gasteiger partial charge in [-0.2, -0.15) is 5.10 Å². The summed E-state index contributed by atoms with van der Waals surface area (Å²) in [5, 5.41) is 6.52. The molecule has 8 nitrogen and oxygen atoms in total. The number of aryl methyl sites for hydroxylation is 1. The number of ether oxygens (including phenoxy) is 2. The van der Waals surface area contributed by atoms with Crippen LogP contribution < -0.4 is 25.9 Å². The van der Waals surface area contributed by atoms with Gasteiger partial charge in [0.2, 0.25) is 0 Å². The van der Waals surface area contributed by atoms with Crippen molar-refractivity contribution in [3.05, 3.63) is 52.0 Å². The number of amides is 3. The average molecular weight is 449 g/mol. The van der Waals surface area contributed by atoms with E-state index in [0.717, 1.165) is 11.3 Å². The number of nitrogens with two attached hydrogens (primary N) is 1. The van der Waals surface area contributed by atoms with Crippen LogP contribution in [0, 0.1) is 6.92 Å². The normalized spacial score (nSPS) is 10.5. The van der Waals surface area contributed by atoms with Gasteiger partial charge in [-0.25, -0.2) is 10.2 Å². The number of primary amides is 1. The molecule has 0 radical (unpaired) electrons. The van der Waals surface area contributed by atoms with Crippen molar-refractivity contribution in [2.75, 3.05) is 18.5 Å². The van der Waals surface area contributed by atoms with E-state index in [2.05, 4.69) is 31.8 Å². The number of hydrogen-bond acceptors (Lipinski definition) is 5. The monoisotopic (exact) mass is 448 g/mol. The van der Waals surface area contributed by atoms with Gasteiger partial charge in [0, 0.05) is 5.69 Å². The van der Waals surface area contributed by atoms with E-state index in [1.807, 2.05) is 38.1 Å². The van der Waals surface area contributed by atoms with Gasteiger partial charge in [-0.15, -0.1) is 0 Å². The highest BCUT2D eigenvalue weighted by Gasteiger charge is 2.14. The summed E-state index contributed by atoms with van der Waals surface area (Å²) in [4.78, 5) is 22.9. The van der Waals surface area contributed by atoms with Crippen molar-refractivity contribution in [3.63, 3.8) is 0 Å². The Morgan fingerprint density at radius 1 is 1.25 bits per heavy atom. The summed E-state index contributed by atoms with van der Waals surface area (Å²) in [5.41, 5.74) is 9.41. The molecule has 2 aromatic rings. The van der Waals surface area contributed by atoms with Gasteiger partial charge in [-0.05, 0) is 59.1 Å². The number of benzene rings is 2. The van der Waals surface area contributed by atoms with E-state index in [9.17, 15) is 9.59 Å². The fourth-order valence-electron chi connectivity index (χ4n) is 2.27. The highest BCUT2D eigenvalue weighted by Crippen LogP contribution is 2.36. The van der Waals surface area contributed by atoms with Crippen molar-refractivity contribution in [1.29, 1.82) is 0 Å². The predicted octanol–water partition coefficient (Wildman–Crippen LogP) is 3.18. The Morgan fingerprint density at radius 3 is 2.68 bits per heavy atom. The fraction of sp³-hybridized carbons (Fsp3) is 0.211. The van der Waals surface area contributed by atoms with Crippen molar-refractivity contribution in [1.82, 2.24) is 5.43 Å². The first-order valence-corrected chi connectivity index (χ1v) is 9.23. The molecule has 0 heterocycles. The number of rotatable bonds is 8. The van der Waals surface area contributed by atoms with E-state index >= 15 is 0 Å². The number of hydrazone groups is 1. The number of para-hydroxylation sites is 1. The Kier molecular flexibility index (Phi) is 7.82. The highest BCUT2D eigenvalue weighted by molar-refractivity contribution is 9.10. The van der Waals surface area contributed by atoms with Crippen LogP contribution in [0.4, 0.5) is 10.5 Å². The minimum Gasteiger partial charge on any atom is -0.490 e. The molecule has 3 amide bonds. The van der Waals surface area contributed by atoms with Crippen molar-refractivity contribution in [3.8, 4) is 11.5 Å². The average Bonchev–Trinajstić information content (AvgIpc) is 2.63. The second kappa shape index (κ2) is 10.3. The summed E-state index contributed by atoms with van der Waals surface area (Å²) in [6.45, 7) is 3.95. The van der Waals surface area contributed by atoms with Crippen molar-refractivity contribution in [2.24, 2.45) is 10.8 Å². The molecule has 28 heavy (non-hydrogen) atoms. The third-order valence-electron chi connectivity index (χ3n) is 3.49. The molecule has 4 N–H and O–H groups in total. The molecular formula is C19H21BrN4O4. The predicted molar refractivity (Wildman–Crippen MR) is 111 cm³/mol. The zero-order chi connectivity index (χ0) is 20.5. The second-order valence-electron chi connectivity index (χ2n) is 5.65. The third kappa shape index (κ3) is 6.27. The van der Waals surface area contributed by atoms with E-state index < -0.39 is 6.03 Å². The summed E-state index contributed by atoms with van der Waals surface area (Å²) < 4.78 is 11.8. The number of nitrogens with one attached hydrogen (secondary N) is 2. The van der Waals surface area contributed by atoms with E-state index in [0.29, 0.717) is 28.1 Å². The summed E-state index contributed by atoms with van der Waals surface area (Å²) in [6.07, 6.45) is 1.41. The van der Waals surface area contributed by atoms with E-state index in [4.69, 9.17) is 15.2 Å². The van der Waals surface area contributed by atoms with Gasteiger partial charge in [0.05, 0.1) is 17.3 Å². The zero-order valence-corrected chi connectivity index (χ0v) is 17.1. The third-order valence-corrected chi connectivity index (χ3v) is 4.08. The number of urea groups is 1. The molecule has 0 fully saturated rings. The topological polar surface area (TPSA) is 115 Å². The maximum Gasteiger partial charge on any atom is 0.332 e. The molecule has 2 aromatic carbocycles. The van der Waals surface area contributed by atoms with Gasteiger partial charge in [0.25, 0.3) is 5.91 Å². The summed E-state index contributed by atoms with van der Waals surface area (Å²) in [5.74, 6) is 0.530. The van der Waals surface area contributed by atoms with Crippen LogP contribution in [0.5, 0.6) is 11.5 Å². The lowest BCUT2D eigenvalue weighted by Gasteiger charge is -2.15. The quantitative estimate of drug-likeness (QED) is 0.424. The maximum atomic E-state index is 12.2. The van der Waals surface area contributed by atoms with Gasteiger partial charge in [-0.1, -0.05) is 18.2 Å². The first-order chi connectivity index (χ1) is 13.4. The van der Waals surface area contributed by atoms with Gasteiger partial charge in [-0.3, -0.25) is 4.79 Å². The molecule has 0 unspecified atom stereocenters. The van der Waals surface area contributed by atoms with Crippen molar-refractivity contribution < 1.29 is 19.1 Å². The first-order valence-electron chi connectivity index (χ1n) is 8.43. The molecule has 0 aliphatic rings. The number of nitrogens with zero attached hydrogens (tertiary/aromatic N) is 1. The minimum absolute atomic E-state index is 0.191. The maximum absolute atomic E-state index is 12.2. The SMILES string of the molecule is CCOc1cc(/C=N\NC(N)=O)cc(Br)c1OCC(=O)Nc1ccccc1C. The molecule has 0 aliphatic heterocycles. The van der Waals surface area contributed by atoms with Crippen LogP contribution in [0.1, 0.15) is 18.1 Å². The number of carbonyl (C=O) groups excluding carboxylic acids is 2. The molecule has 0 bridgehead atoms. The molecule has 2 rings (SSSR count). The van der Waals surface area contributed by atoms with Gasteiger partial charge >= 0.3 is 6.03 Å². The van der Waals surface area contributed by atoms with Crippen LogP contribution in [0.2, 0.25) is 0 Å². The first kappa shape index (κ1) is 21.2. The van der Waals surface area contributed by atoms with Crippen LogP contribution in [-0.4, -0.2) is 31.4 Å². The van der Waals surface area contributed by atoms with E-state index in [1.54, 1.807) is 12.1 Å². The van der Waals surface area contributed by atoms with Crippen LogP contribution in [0.15, 0.2) is 46.0 Å². The number of halogens is 1. The van der Waals surface area contributed by atoms with E-state index in [1.165, 1.54) is 6.21 Å². The Hall–Kier alpha value is -3.07. The Bertz CT molecular complexity index is 886. The highest BCUT2D eigenvalue weighted by atomic mass is 79.9. The zero-order valence-electron chi connectivity index (χ0n) is 15.5. The number of hydrogen-bond donors (Lipinski definition) is 3. The van der Waals surface area contributed by atoms with Crippen LogP contribution in [0.25, 0.3) is 0 Å². The summed E-state index contributed by atoms with van der Waals surface area (Å²) in [7, 11) is 0. The lowest BCUT2D eigenvalue weighted by molar-refractivity contribution is -0.118. The largest absolute Gasteiger partial charge is 0.490 e. The fourth-order valence-corrected chi connectivity index (χ4v) is 2.85.